The first-order chi connectivity index (χ1) is 16.3. The molecule has 0 N–H and O–H groups in total. The topological polar surface area (TPSA) is 85.6 Å². The van der Waals surface area contributed by atoms with Gasteiger partial charge in [-0.2, -0.15) is 5.26 Å². The van der Waals surface area contributed by atoms with Crippen molar-refractivity contribution in [1.82, 2.24) is 19.8 Å². The summed E-state index contributed by atoms with van der Waals surface area (Å²) in [4.78, 5) is 27.7. The summed E-state index contributed by atoms with van der Waals surface area (Å²) < 4.78 is 18.9. The van der Waals surface area contributed by atoms with Crippen LogP contribution in [0.5, 0.6) is 0 Å². The minimum atomic E-state index is -0.248. The third kappa shape index (κ3) is 4.42. The molecule has 0 bridgehead atoms. The number of piperazine rings is 1. The fourth-order valence-electron chi connectivity index (χ4n) is 5.51. The first-order valence-corrected chi connectivity index (χ1v) is 11.8. The summed E-state index contributed by atoms with van der Waals surface area (Å²) in [5, 5.41) is 8.94. The van der Waals surface area contributed by atoms with E-state index in [-0.39, 0.29) is 35.5 Å². The van der Waals surface area contributed by atoms with Crippen molar-refractivity contribution in [1.29, 1.82) is 5.26 Å². The summed E-state index contributed by atoms with van der Waals surface area (Å²) in [5.74, 6) is 0.364. The van der Waals surface area contributed by atoms with Gasteiger partial charge in [-0.05, 0) is 44.4 Å². The Morgan fingerprint density at radius 1 is 1.15 bits per heavy atom. The van der Waals surface area contributed by atoms with E-state index < -0.39 is 0 Å². The molecule has 1 aliphatic carbocycles. The van der Waals surface area contributed by atoms with Gasteiger partial charge < -0.3 is 14.5 Å². The lowest BCUT2D eigenvalue weighted by Crippen LogP contribution is -2.64. The Labute approximate surface area is 198 Å². The van der Waals surface area contributed by atoms with E-state index in [1.807, 2.05) is 32.0 Å². The second kappa shape index (κ2) is 8.84. The molecule has 2 saturated heterocycles. The van der Waals surface area contributed by atoms with Crippen molar-refractivity contribution < 1.29 is 13.9 Å². The van der Waals surface area contributed by atoms with Gasteiger partial charge in [-0.3, -0.25) is 4.90 Å². The van der Waals surface area contributed by atoms with Gasteiger partial charge in [-0.1, -0.05) is 12.1 Å². The third-order valence-electron chi connectivity index (χ3n) is 7.27. The quantitative estimate of drug-likeness (QED) is 0.687. The van der Waals surface area contributed by atoms with Crippen LogP contribution < -0.4 is 4.90 Å². The number of hydrogen-bond acceptors (Lipinski definition) is 7. The van der Waals surface area contributed by atoms with Gasteiger partial charge in [0.25, 0.3) is 0 Å². The summed E-state index contributed by atoms with van der Waals surface area (Å²) in [6.45, 7) is 8.00. The molecule has 3 aliphatic rings. The fraction of sp³-hybridized carbons (Fsp3) is 0.520. The van der Waals surface area contributed by atoms with E-state index in [0.717, 1.165) is 38.0 Å². The van der Waals surface area contributed by atoms with Gasteiger partial charge >= 0.3 is 6.09 Å². The maximum absolute atomic E-state index is 13.1. The first-order valence-electron chi connectivity index (χ1n) is 11.8. The van der Waals surface area contributed by atoms with E-state index in [9.17, 15) is 9.18 Å². The van der Waals surface area contributed by atoms with Crippen molar-refractivity contribution in [3.05, 3.63) is 53.6 Å². The normalized spacial score (nSPS) is 24.3. The molecule has 0 unspecified atom stereocenters. The van der Waals surface area contributed by atoms with Gasteiger partial charge in [0.15, 0.2) is 0 Å². The van der Waals surface area contributed by atoms with Gasteiger partial charge in [0, 0.05) is 50.2 Å². The number of halogens is 1. The molecule has 1 amide bonds. The van der Waals surface area contributed by atoms with E-state index in [1.54, 1.807) is 4.90 Å². The molecule has 8 nitrogen and oxygen atoms in total. The molecule has 2 atom stereocenters. The molecule has 2 aromatic rings. The molecule has 5 rings (SSSR count). The van der Waals surface area contributed by atoms with Gasteiger partial charge in [0.2, 0.25) is 5.95 Å². The molecule has 1 aromatic heterocycles. The minimum absolute atomic E-state index is 0.0251. The highest BCUT2D eigenvalue weighted by molar-refractivity contribution is 5.69. The van der Waals surface area contributed by atoms with Crippen LogP contribution in [0.4, 0.5) is 15.1 Å². The monoisotopic (exact) mass is 464 g/mol. The SMILES string of the molecule is C[C@@H]1CN(c2ncc(C#N)cn2)[C@@H](C)CN1C(=O)OC1CC2(C1)CN(Cc1ccc(F)cc1)C2. The van der Waals surface area contributed by atoms with Gasteiger partial charge in [-0.15, -0.1) is 0 Å². The molecule has 178 valence electrons. The summed E-state index contributed by atoms with van der Waals surface area (Å²) in [5.41, 5.74) is 1.80. The summed E-state index contributed by atoms with van der Waals surface area (Å²) in [6.07, 6.45) is 4.58. The zero-order chi connectivity index (χ0) is 23.9. The van der Waals surface area contributed by atoms with Crippen molar-refractivity contribution in [2.75, 3.05) is 31.1 Å². The highest BCUT2D eigenvalue weighted by atomic mass is 19.1. The summed E-state index contributed by atoms with van der Waals surface area (Å²) in [7, 11) is 0. The number of anilines is 1. The number of benzene rings is 1. The number of aromatic nitrogens is 2. The van der Waals surface area contributed by atoms with Crippen LogP contribution in [0.1, 0.15) is 37.8 Å². The number of carbonyl (C=O) groups excluding carboxylic acids is 1. The molecule has 3 fully saturated rings. The highest BCUT2D eigenvalue weighted by Gasteiger charge is 2.54. The first kappa shape index (κ1) is 22.5. The summed E-state index contributed by atoms with van der Waals surface area (Å²) in [6, 6.07) is 8.71. The molecule has 0 radical (unpaired) electrons. The molecule has 9 heteroatoms. The molecule has 1 saturated carbocycles. The van der Waals surface area contributed by atoms with Crippen molar-refractivity contribution in [3.63, 3.8) is 0 Å². The van der Waals surface area contributed by atoms with Crippen LogP contribution in [0, 0.1) is 22.6 Å². The molecule has 1 aromatic carbocycles. The maximum Gasteiger partial charge on any atom is 0.410 e. The predicted octanol–water partition coefficient (Wildman–Crippen LogP) is 3.19. The Morgan fingerprint density at radius 2 is 1.82 bits per heavy atom. The van der Waals surface area contributed by atoms with Crippen molar-refractivity contribution in [2.45, 2.75) is 51.4 Å². The highest BCUT2D eigenvalue weighted by Crippen LogP contribution is 2.50. The zero-order valence-electron chi connectivity index (χ0n) is 19.5. The Bertz CT molecular complexity index is 1070. The van der Waals surface area contributed by atoms with Gasteiger partial charge in [0.1, 0.15) is 18.0 Å². The lowest BCUT2D eigenvalue weighted by molar-refractivity contribution is -0.137. The van der Waals surface area contributed by atoms with Crippen LogP contribution in [0.15, 0.2) is 36.7 Å². The minimum Gasteiger partial charge on any atom is -0.446 e. The zero-order valence-corrected chi connectivity index (χ0v) is 19.5. The van der Waals surface area contributed by atoms with Crippen LogP contribution in [0.25, 0.3) is 0 Å². The Morgan fingerprint density at radius 3 is 2.47 bits per heavy atom. The number of nitriles is 1. The molecular weight excluding hydrogens is 435 g/mol. The largest absolute Gasteiger partial charge is 0.446 e. The number of likely N-dealkylation sites (tertiary alicyclic amines) is 1. The van der Waals surface area contributed by atoms with E-state index in [2.05, 4.69) is 19.8 Å². The predicted molar refractivity (Wildman–Crippen MR) is 123 cm³/mol. The van der Waals surface area contributed by atoms with Crippen molar-refractivity contribution >= 4 is 12.0 Å². The third-order valence-corrected chi connectivity index (χ3v) is 7.27. The Hall–Kier alpha value is -3.25. The van der Waals surface area contributed by atoms with Crippen LogP contribution in [0.3, 0.4) is 0 Å². The van der Waals surface area contributed by atoms with Crippen LogP contribution in [-0.4, -0.2) is 70.2 Å². The lowest BCUT2D eigenvalue weighted by Gasteiger charge is -2.58. The fourth-order valence-corrected chi connectivity index (χ4v) is 5.51. The number of ether oxygens (including phenoxy) is 1. The number of carbonyl (C=O) groups is 1. The molecule has 3 heterocycles. The van der Waals surface area contributed by atoms with E-state index in [0.29, 0.717) is 24.6 Å². The molecule has 1 spiro atoms. The van der Waals surface area contributed by atoms with Crippen LogP contribution in [-0.2, 0) is 11.3 Å². The average Bonchev–Trinajstić information content (AvgIpc) is 2.78. The Kier molecular flexibility index (Phi) is 5.86. The molecule has 2 aliphatic heterocycles. The van der Waals surface area contributed by atoms with E-state index in [1.165, 1.54) is 24.5 Å². The van der Waals surface area contributed by atoms with Crippen LogP contribution in [0.2, 0.25) is 0 Å². The van der Waals surface area contributed by atoms with Crippen molar-refractivity contribution in [3.8, 4) is 6.07 Å². The standard InChI is InChI=1S/C25H29FN6O2/c1-17-13-32(18(2)12-31(17)23-28-10-20(9-27)11-29-23)24(33)34-22-7-25(8-22)15-30(16-25)14-19-3-5-21(26)6-4-19/h3-6,10-11,17-18,22H,7-8,12-16H2,1-2H3/t17-,18+/m0/s1. The number of nitrogens with zero attached hydrogens (tertiary/aromatic N) is 6. The van der Waals surface area contributed by atoms with E-state index >= 15 is 0 Å². The van der Waals surface area contributed by atoms with E-state index in [4.69, 9.17) is 10.00 Å². The van der Waals surface area contributed by atoms with Crippen LogP contribution >= 0.6 is 0 Å². The second-order valence-corrected chi connectivity index (χ2v) is 10.1. The second-order valence-electron chi connectivity index (χ2n) is 10.1. The number of rotatable bonds is 4. The number of hydrogen-bond donors (Lipinski definition) is 0. The number of amides is 1. The average molecular weight is 465 g/mol. The molecular formula is C25H29FN6O2. The Balaban J connectivity index is 1.08. The van der Waals surface area contributed by atoms with Crippen molar-refractivity contribution in [2.24, 2.45) is 5.41 Å². The maximum atomic E-state index is 13.1. The lowest BCUT2D eigenvalue weighted by atomic mass is 9.61. The van der Waals surface area contributed by atoms with Gasteiger partial charge in [0.05, 0.1) is 18.0 Å². The summed E-state index contributed by atoms with van der Waals surface area (Å²) >= 11 is 0. The van der Waals surface area contributed by atoms with Gasteiger partial charge in [-0.25, -0.2) is 19.2 Å². The smallest absolute Gasteiger partial charge is 0.410 e. The molecule has 34 heavy (non-hydrogen) atoms.